The molecule has 41 heavy (non-hydrogen) atoms. The highest BCUT2D eigenvalue weighted by Crippen LogP contribution is 2.51. The van der Waals surface area contributed by atoms with Gasteiger partial charge in [0.25, 0.3) is 0 Å². The Bertz CT molecular complexity index is 1910. The maximum atomic E-state index is 16.7. The number of aromatic nitrogens is 3. The molecule has 208 valence electrons. The molecular formula is C28H22ClF2N7O2S. The fourth-order valence-corrected chi connectivity index (χ4v) is 6.67. The summed E-state index contributed by atoms with van der Waals surface area (Å²) in [5.41, 5.74) is 13.1. The highest BCUT2D eigenvalue weighted by Gasteiger charge is 2.34. The summed E-state index contributed by atoms with van der Waals surface area (Å²) in [7, 11) is 1.38. The molecule has 0 spiro atoms. The lowest BCUT2D eigenvalue weighted by molar-refractivity contribution is 0.326. The molecule has 2 aromatic carbocycles. The van der Waals surface area contributed by atoms with E-state index in [1.807, 2.05) is 24.0 Å². The largest absolute Gasteiger partial charge is 0.489 e. The van der Waals surface area contributed by atoms with Gasteiger partial charge in [-0.2, -0.15) is 15.2 Å². The number of nitrogens with two attached hydrogens (primary N) is 2. The van der Waals surface area contributed by atoms with E-state index < -0.39 is 11.6 Å². The molecule has 0 bridgehead atoms. The van der Waals surface area contributed by atoms with Crippen molar-refractivity contribution in [2.75, 3.05) is 36.6 Å². The number of fused-ring (bicyclic) bond motifs is 1. The summed E-state index contributed by atoms with van der Waals surface area (Å²) in [6.45, 7) is 2.52. The second-order valence-corrected chi connectivity index (χ2v) is 10.7. The summed E-state index contributed by atoms with van der Waals surface area (Å²) in [4.78, 5) is 15.2. The van der Waals surface area contributed by atoms with Crippen LogP contribution in [0.4, 0.5) is 25.4 Å². The monoisotopic (exact) mass is 593 g/mol. The van der Waals surface area contributed by atoms with Gasteiger partial charge in [-0.05, 0) is 24.1 Å². The van der Waals surface area contributed by atoms with E-state index >= 15 is 4.39 Å². The van der Waals surface area contributed by atoms with Crippen molar-refractivity contribution in [2.24, 2.45) is 0 Å². The van der Waals surface area contributed by atoms with Crippen molar-refractivity contribution in [2.45, 2.75) is 19.4 Å². The number of benzene rings is 2. The van der Waals surface area contributed by atoms with Crippen molar-refractivity contribution in [3.05, 3.63) is 58.2 Å². The number of halogens is 3. The van der Waals surface area contributed by atoms with Crippen LogP contribution in [0, 0.1) is 23.0 Å². The lowest BCUT2D eigenvalue weighted by atomic mass is 9.96. The Morgan fingerprint density at radius 2 is 2.05 bits per heavy atom. The molecule has 13 heteroatoms. The third-order valence-corrected chi connectivity index (χ3v) is 8.56. The summed E-state index contributed by atoms with van der Waals surface area (Å²) >= 11 is 7.83. The molecule has 0 saturated heterocycles. The number of pyridine rings is 1. The van der Waals surface area contributed by atoms with Crippen LogP contribution in [0.3, 0.4) is 0 Å². The average Bonchev–Trinajstić information content (AvgIpc) is 3.20. The first-order valence-corrected chi connectivity index (χ1v) is 13.8. The van der Waals surface area contributed by atoms with Gasteiger partial charge in [0.2, 0.25) is 0 Å². The molecule has 0 aliphatic carbocycles. The average molecular weight is 594 g/mol. The fraction of sp³-hybridized carbons (Fsp3) is 0.214. The first kappa shape index (κ1) is 26.7. The van der Waals surface area contributed by atoms with E-state index in [9.17, 15) is 9.65 Å². The molecule has 4 heterocycles. The Balaban J connectivity index is 1.69. The fourth-order valence-electron chi connectivity index (χ4n) is 5.39. The van der Waals surface area contributed by atoms with Crippen LogP contribution in [0.1, 0.15) is 30.5 Å². The lowest BCUT2D eigenvalue weighted by Gasteiger charge is -2.32. The standard InChI is InChI=1S/C28H22ClF2N7O2S/c1-3-16(12-5-4-8-35-25(12)33)38-9-10-40-23-19-22(36-28(39-2)37-27(19)38)21(31)18(20(23)29)13-6-7-15(30)24-17(13)14(11-32)26(34)41-24/h4-8,16H,3,9-10,34H2,1-2H3,(H2,33,35). The van der Waals surface area contributed by atoms with Crippen LogP contribution in [-0.2, 0) is 0 Å². The molecule has 0 radical (unpaired) electrons. The van der Waals surface area contributed by atoms with Crippen LogP contribution >= 0.6 is 22.9 Å². The van der Waals surface area contributed by atoms with Crippen LogP contribution in [0.5, 0.6) is 11.8 Å². The number of nitrogens with zero attached hydrogens (tertiary/aromatic N) is 5. The van der Waals surface area contributed by atoms with Gasteiger partial charge in [-0.3, -0.25) is 0 Å². The van der Waals surface area contributed by atoms with E-state index in [0.717, 1.165) is 16.9 Å². The lowest BCUT2D eigenvalue weighted by Crippen LogP contribution is -2.32. The third-order valence-electron chi connectivity index (χ3n) is 7.17. The molecule has 1 unspecified atom stereocenters. The maximum Gasteiger partial charge on any atom is 0.318 e. The quantitative estimate of drug-likeness (QED) is 0.243. The molecule has 1 aliphatic heterocycles. The highest BCUT2D eigenvalue weighted by molar-refractivity contribution is 7.23. The molecular weight excluding hydrogens is 572 g/mol. The summed E-state index contributed by atoms with van der Waals surface area (Å²) in [5.74, 6) is -0.521. The molecule has 1 aliphatic rings. The van der Waals surface area contributed by atoms with Gasteiger partial charge >= 0.3 is 6.01 Å². The highest BCUT2D eigenvalue weighted by atomic mass is 35.5. The first-order chi connectivity index (χ1) is 19.8. The molecule has 0 amide bonds. The SMILES string of the molecule is CCC(c1cccnc1N)N1CCOc2c(Cl)c(-c3ccc(F)c4sc(N)c(C#N)c34)c(F)c3nc(OC)nc1c23. The van der Waals surface area contributed by atoms with Gasteiger partial charge in [-0.25, -0.2) is 13.8 Å². The van der Waals surface area contributed by atoms with Gasteiger partial charge in [-0.1, -0.05) is 30.7 Å². The Kier molecular flexibility index (Phi) is 6.63. The summed E-state index contributed by atoms with van der Waals surface area (Å²) in [6.07, 6.45) is 2.23. The van der Waals surface area contributed by atoms with Gasteiger partial charge in [0.1, 0.15) is 40.6 Å². The van der Waals surface area contributed by atoms with E-state index in [1.165, 1.54) is 19.2 Å². The van der Waals surface area contributed by atoms with E-state index in [2.05, 4.69) is 15.0 Å². The first-order valence-electron chi connectivity index (χ1n) is 12.6. The number of thiophene rings is 1. The number of anilines is 3. The van der Waals surface area contributed by atoms with Gasteiger partial charge in [0, 0.05) is 22.7 Å². The number of hydrogen-bond acceptors (Lipinski definition) is 10. The van der Waals surface area contributed by atoms with Gasteiger partial charge < -0.3 is 25.8 Å². The predicted octanol–water partition coefficient (Wildman–Crippen LogP) is 6.23. The van der Waals surface area contributed by atoms with Crippen molar-refractivity contribution in [3.8, 4) is 29.0 Å². The zero-order valence-corrected chi connectivity index (χ0v) is 23.4. The minimum atomic E-state index is -0.809. The molecule has 9 nitrogen and oxygen atoms in total. The summed E-state index contributed by atoms with van der Waals surface area (Å²) in [5, 5.41) is 10.3. The van der Waals surface area contributed by atoms with Gasteiger partial charge in [-0.15, -0.1) is 11.3 Å². The van der Waals surface area contributed by atoms with Gasteiger partial charge in [0.15, 0.2) is 11.6 Å². The third kappa shape index (κ3) is 4.03. The maximum absolute atomic E-state index is 16.7. The zero-order chi connectivity index (χ0) is 29.0. The normalized spacial score (nSPS) is 13.6. The Hall–Kier alpha value is -4.47. The van der Waals surface area contributed by atoms with Crippen LogP contribution < -0.4 is 25.8 Å². The molecule has 0 saturated carbocycles. The van der Waals surface area contributed by atoms with E-state index in [-0.39, 0.29) is 72.1 Å². The number of ether oxygens (including phenoxy) is 2. The Morgan fingerprint density at radius 3 is 2.76 bits per heavy atom. The molecule has 5 aromatic rings. The second-order valence-electron chi connectivity index (χ2n) is 9.29. The number of hydrogen-bond donors (Lipinski definition) is 2. The summed E-state index contributed by atoms with van der Waals surface area (Å²) in [6, 6.07) is 7.88. The van der Waals surface area contributed by atoms with E-state index in [1.54, 1.807) is 12.3 Å². The number of rotatable bonds is 5. The predicted molar refractivity (Wildman–Crippen MR) is 155 cm³/mol. The van der Waals surface area contributed by atoms with Crippen molar-refractivity contribution < 1.29 is 18.3 Å². The Morgan fingerprint density at radius 1 is 1.24 bits per heavy atom. The van der Waals surface area contributed by atoms with Crippen LogP contribution in [0.25, 0.3) is 32.1 Å². The van der Waals surface area contributed by atoms with Crippen LogP contribution in [0.15, 0.2) is 30.5 Å². The smallest absolute Gasteiger partial charge is 0.318 e. The topological polar surface area (TPSA) is 136 Å². The molecule has 0 fully saturated rings. The number of nitriles is 1. The molecule has 1 atom stereocenters. The van der Waals surface area contributed by atoms with Crippen molar-refractivity contribution in [1.82, 2.24) is 15.0 Å². The summed E-state index contributed by atoms with van der Waals surface area (Å²) < 4.78 is 43.2. The van der Waals surface area contributed by atoms with E-state index in [4.69, 9.17) is 32.5 Å². The van der Waals surface area contributed by atoms with E-state index in [0.29, 0.717) is 24.6 Å². The molecule has 3 aromatic heterocycles. The van der Waals surface area contributed by atoms with Crippen molar-refractivity contribution >= 4 is 60.6 Å². The van der Waals surface area contributed by atoms with Crippen molar-refractivity contribution in [3.63, 3.8) is 0 Å². The van der Waals surface area contributed by atoms with Crippen LogP contribution in [0.2, 0.25) is 5.02 Å². The minimum absolute atomic E-state index is 0.0360. The number of methoxy groups -OCH3 is 1. The minimum Gasteiger partial charge on any atom is -0.489 e. The van der Waals surface area contributed by atoms with Crippen LogP contribution in [-0.4, -0.2) is 35.2 Å². The number of nitrogen functional groups attached to an aromatic ring is 2. The zero-order valence-electron chi connectivity index (χ0n) is 21.8. The molecule has 6 rings (SSSR count). The van der Waals surface area contributed by atoms with Crippen molar-refractivity contribution in [1.29, 1.82) is 5.26 Å². The Labute approximate surface area is 241 Å². The molecule has 4 N–H and O–H groups in total. The van der Waals surface area contributed by atoms with Gasteiger partial charge in [0.05, 0.1) is 40.4 Å². The second kappa shape index (κ2) is 10.2.